The zero-order valence-corrected chi connectivity index (χ0v) is 46.4. The van der Waals surface area contributed by atoms with Crippen LogP contribution in [0.15, 0.2) is 0 Å². The fourth-order valence-corrected chi connectivity index (χ4v) is 8.80. The first-order valence-corrected chi connectivity index (χ1v) is 27.4. The molecule has 0 aliphatic carbocycles. The Kier molecular flexibility index (Phi) is 34.3. The highest BCUT2D eigenvalue weighted by Gasteiger charge is 2.45. The van der Waals surface area contributed by atoms with Crippen LogP contribution >= 0.6 is 0 Å². The van der Waals surface area contributed by atoms with Gasteiger partial charge in [0.1, 0.15) is 48.8 Å². The number of aliphatic hydroxyl groups is 9. The monoisotopic (exact) mass is 1110 g/mol. The van der Waals surface area contributed by atoms with Crippen LogP contribution in [0.1, 0.15) is 125 Å². The minimum Gasteiger partial charge on any atom is -0.394 e. The Morgan fingerprint density at radius 1 is 0.481 bits per heavy atom. The van der Waals surface area contributed by atoms with Crippen LogP contribution in [0, 0.1) is 23.7 Å². The van der Waals surface area contributed by atoms with Gasteiger partial charge in [0.25, 0.3) is 0 Å². The van der Waals surface area contributed by atoms with Gasteiger partial charge in [0.15, 0.2) is 18.9 Å². The van der Waals surface area contributed by atoms with Gasteiger partial charge in [0, 0.05) is 88.9 Å². The molecule has 0 bridgehead atoms. The van der Waals surface area contributed by atoms with Gasteiger partial charge in [-0.2, -0.15) is 0 Å². The van der Waals surface area contributed by atoms with Gasteiger partial charge in [-0.3, -0.25) is 24.0 Å². The molecule has 25 heteroatoms. The number of unbranched alkanes of at least 4 members (excludes halogenated alkanes) is 1. The summed E-state index contributed by atoms with van der Waals surface area (Å²) in [5, 5.41) is 101. The summed E-state index contributed by atoms with van der Waals surface area (Å²) in [5.74, 6) is -3.24. The molecule has 0 aromatic carbocycles. The number of amides is 4. The van der Waals surface area contributed by atoms with Crippen molar-refractivity contribution in [3.8, 4) is 0 Å². The van der Waals surface area contributed by atoms with Crippen molar-refractivity contribution in [3.63, 3.8) is 0 Å². The maximum absolute atomic E-state index is 13.6. The third kappa shape index (κ3) is 25.5. The predicted molar refractivity (Wildman–Crippen MR) is 276 cm³/mol. The lowest BCUT2D eigenvalue weighted by atomic mass is 9.82. The minimum absolute atomic E-state index is 0.00583. The highest BCUT2D eigenvalue weighted by molar-refractivity contribution is 5.97. The number of carbonyl (C=O) groups excluding carboxylic acids is 5. The summed E-state index contributed by atoms with van der Waals surface area (Å²) in [7, 11) is 1.52. The minimum atomic E-state index is -1.33. The van der Waals surface area contributed by atoms with E-state index in [4.69, 9.17) is 33.2 Å². The second kappa shape index (κ2) is 37.8. The van der Waals surface area contributed by atoms with Crippen LogP contribution in [0.4, 0.5) is 0 Å². The maximum Gasteiger partial charge on any atom is 0.229 e. The van der Waals surface area contributed by atoms with E-state index >= 15 is 0 Å². The highest BCUT2D eigenvalue weighted by atomic mass is 16.7. The third-order valence-electron chi connectivity index (χ3n) is 13.7. The molecule has 0 aromatic heterocycles. The Morgan fingerprint density at radius 2 is 0.831 bits per heavy atom. The molecule has 0 radical (unpaired) electrons. The second-order valence-electron chi connectivity index (χ2n) is 21.1. The number of rotatable bonds is 35. The molecule has 25 nitrogen and oxygen atoms in total. The quantitative estimate of drug-likeness (QED) is 0.0251. The molecule has 3 heterocycles. The SMILES string of the molecule is CC(C)C.COCCCNC(=O)CC(=O)NC(CCC(=O)CCCCO[C@@H]1OC(CO)[C@H](O)[C@H](O)C1C)(CCC(=O)NCCCO[C@@H]1OC(CO)[C@H](O)[C@H](O)C1C)CCC(=O)NCCCO[C@@H]1OC(CO)[C@H](O)[C@H](O)C1C. The summed E-state index contributed by atoms with van der Waals surface area (Å²) >= 11 is 0. The zero-order valence-electron chi connectivity index (χ0n) is 46.4. The van der Waals surface area contributed by atoms with Crippen molar-refractivity contribution in [2.45, 2.75) is 204 Å². The summed E-state index contributed by atoms with van der Waals surface area (Å²) in [6, 6.07) is 0. The van der Waals surface area contributed by atoms with Crippen molar-refractivity contribution < 1.29 is 103 Å². The van der Waals surface area contributed by atoms with Gasteiger partial charge in [0.2, 0.25) is 23.6 Å². The molecule has 3 rings (SSSR count). The van der Waals surface area contributed by atoms with Crippen LogP contribution in [0.5, 0.6) is 0 Å². The molecule has 6 unspecified atom stereocenters. The average Bonchev–Trinajstić information content (AvgIpc) is 3.39. The first-order chi connectivity index (χ1) is 36.5. The molecule has 3 fully saturated rings. The van der Waals surface area contributed by atoms with Gasteiger partial charge in [-0.15, -0.1) is 0 Å². The highest BCUT2D eigenvalue weighted by Crippen LogP contribution is 2.30. The van der Waals surface area contributed by atoms with E-state index in [1.807, 2.05) is 0 Å². The van der Waals surface area contributed by atoms with Crippen LogP contribution in [0.25, 0.3) is 0 Å². The van der Waals surface area contributed by atoms with E-state index in [-0.39, 0.29) is 90.2 Å². The van der Waals surface area contributed by atoms with Crippen molar-refractivity contribution in [1.29, 1.82) is 0 Å². The van der Waals surface area contributed by atoms with E-state index in [0.717, 1.165) is 5.92 Å². The third-order valence-corrected chi connectivity index (χ3v) is 13.7. The van der Waals surface area contributed by atoms with E-state index in [2.05, 4.69) is 42.0 Å². The lowest BCUT2D eigenvalue weighted by Crippen LogP contribution is -2.55. The van der Waals surface area contributed by atoms with Crippen molar-refractivity contribution in [3.05, 3.63) is 0 Å². The molecule has 0 aromatic rings. The van der Waals surface area contributed by atoms with Crippen molar-refractivity contribution >= 4 is 29.4 Å². The number of hydrogen-bond acceptors (Lipinski definition) is 21. The molecule has 0 saturated carbocycles. The molecule has 13 N–H and O–H groups in total. The lowest BCUT2D eigenvalue weighted by Gasteiger charge is -2.40. The number of Topliss-reactive ketones (excluding diaryl/α,β-unsaturated/α-hetero) is 1. The number of ketones is 1. The summed E-state index contributed by atoms with van der Waals surface area (Å²) in [6.45, 7) is 11.1. The Bertz CT molecular complexity index is 1530. The summed E-state index contributed by atoms with van der Waals surface area (Å²) in [5.41, 5.74) is -1.33. The first-order valence-electron chi connectivity index (χ1n) is 27.4. The van der Waals surface area contributed by atoms with Crippen LogP contribution in [0.2, 0.25) is 0 Å². The van der Waals surface area contributed by atoms with Gasteiger partial charge in [-0.25, -0.2) is 0 Å². The van der Waals surface area contributed by atoms with Gasteiger partial charge in [-0.05, 0) is 57.3 Å². The second-order valence-corrected chi connectivity index (χ2v) is 21.1. The fraction of sp³-hybridized carbons (Fsp3) is 0.904. The largest absolute Gasteiger partial charge is 0.394 e. The molecule has 4 amide bonds. The standard InChI is InChI=1S/C48H86N4O21.C4H10/c1-28-39(61)42(64)32(25-53)71-45(28)68-21-6-5-10-31(56)11-14-48(52-38(60)24-37(59)51-17-7-20-67-4,15-12-35(57)49-18-8-22-69-46-29(2)40(62)43(65)33(26-54)72-46)16-13-36(58)50-19-9-23-70-47-30(3)41(63)44(66)34(27-55)73-47;1-4(2)3/h28-30,32-34,39-47,53-55,61-66H,5-27H2,1-4H3,(H,49,57)(H,50,58)(H,51,59)(H,52,60);4H,1-3H3/t28?,29?,30?,32?,33?,34?,39-,40-,41-,42+,43+,44+,45-,46-,47-,48?;/m1./s1. The van der Waals surface area contributed by atoms with E-state index in [1.54, 1.807) is 20.8 Å². The maximum atomic E-state index is 13.6. The molecular formula is C52H96N4O21. The predicted octanol–water partition coefficient (Wildman–Crippen LogP) is -1.59. The Labute approximate surface area is 453 Å². The molecule has 0 spiro atoms. The number of ether oxygens (including phenoxy) is 7. The van der Waals surface area contributed by atoms with E-state index in [1.165, 1.54) is 7.11 Å². The van der Waals surface area contributed by atoms with Gasteiger partial charge in [0.05, 0.1) is 51.3 Å². The van der Waals surface area contributed by atoms with Crippen LogP contribution in [-0.4, -0.2) is 228 Å². The molecule has 15 atom stereocenters. The fourth-order valence-electron chi connectivity index (χ4n) is 8.80. The van der Waals surface area contributed by atoms with Gasteiger partial charge in [-0.1, -0.05) is 41.5 Å². The topological polar surface area (TPSA) is 380 Å². The zero-order chi connectivity index (χ0) is 57.7. The van der Waals surface area contributed by atoms with E-state index < -0.39 is 147 Å². The lowest BCUT2D eigenvalue weighted by molar-refractivity contribution is -0.282. The molecule has 77 heavy (non-hydrogen) atoms. The molecular weight excluding hydrogens is 1020 g/mol. The summed E-state index contributed by atoms with van der Waals surface area (Å²) in [6.07, 6.45) is -12.1. The number of carbonyl (C=O) groups is 5. The molecule has 3 saturated heterocycles. The molecule has 3 aliphatic rings. The van der Waals surface area contributed by atoms with Crippen LogP contribution in [0.3, 0.4) is 0 Å². The number of methoxy groups -OCH3 is 1. The first kappa shape index (κ1) is 70.0. The van der Waals surface area contributed by atoms with Gasteiger partial charge >= 0.3 is 0 Å². The molecule has 450 valence electrons. The van der Waals surface area contributed by atoms with Crippen molar-refractivity contribution in [1.82, 2.24) is 21.3 Å². The van der Waals surface area contributed by atoms with Crippen molar-refractivity contribution in [2.75, 3.05) is 73.0 Å². The Hall–Kier alpha value is -3.09. The summed E-state index contributed by atoms with van der Waals surface area (Å²) < 4.78 is 39.1. The van der Waals surface area contributed by atoms with E-state index in [9.17, 15) is 69.9 Å². The number of nitrogens with one attached hydrogen (secondary N) is 4. The van der Waals surface area contributed by atoms with Crippen LogP contribution < -0.4 is 21.3 Å². The van der Waals surface area contributed by atoms with E-state index in [0.29, 0.717) is 38.7 Å². The average molecular weight is 1110 g/mol. The smallest absolute Gasteiger partial charge is 0.229 e. The Balaban J connectivity index is 0.00000489. The normalized spacial score (nSPS) is 30.1. The summed E-state index contributed by atoms with van der Waals surface area (Å²) in [4.78, 5) is 66.7. The van der Waals surface area contributed by atoms with Crippen LogP contribution in [-0.2, 0) is 57.1 Å². The number of hydrogen-bond donors (Lipinski definition) is 13. The number of aliphatic hydroxyl groups excluding tert-OH is 9. The molecule has 3 aliphatic heterocycles. The van der Waals surface area contributed by atoms with Crippen molar-refractivity contribution in [2.24, 2.45) is 23.7 Å². The van der Waals surface area contributed by atoms with Gasteiger partial charge < -0.3 is 100 Å². The Morgan fingerprint density at radius 3 is 1.21 bits per heavy atom.